The largest absolute Gasteiger partial charge is 0.416 e. The van der Waals surface area contributed by atoms with E-state index in [0.717, 1.165) is 0 Å². The summed E-state index contributed by atoms with van der Waals surface area (Å²) in [6.45, 7) is 0. The minimum Gasteiger partial charge on any atom is -0.382 e. The molecule has 0 amide bonds. The lowest BCUT2D eigenvalue weighted by Crippen LogP contribution is -2.39. The molecule has 0 saturated heterocycles. The van der Waals surface area contributed by atoms with E-state index in [2.05, 4.69) is 0 Å². The third-order valence-electron chi connectivity index (χ3n) is 2.72. The van der Waals surface area contributed by atoms with Gasteiger partial charge in [0.1, 0.15) is 0 Å². The summed E-state index contributed by atoms with van der Waals surface area (Å²) in [5.74, 6) is 0. The van der Waals surface area contributed by atoms with Gasteiger partial charge in [-0.3, -0.25) is 0 Å². The highest BCUT2D eigenvalue weighted by molar-refractivity contribution is 5.38. The Hall–Kier alpha value is -1.49. The van der Waals surface area contributed by atoms with E-state index in [1.54, 1.807) is 0 Å². The van der Waals surface area contributed by atoms with Gasteiger partial charge in [0.15, 0.2) is 6.10 Å². The standard InChI is InChI=1S/C11H8F9NO/c12-9(13,14)4-1-2-6(10(15,16)17)5(3-4)7(21)8(22)11(18,19)20/h1-3,7-8,22H,21H2/t7-,8-/m0/s1. The Bertz CT molecular complexity index is 532. The molecule has 126 valence electrons. The van der Waals surface area contributed by atoms with Gasteiger partial charge < -0.3 is 10.8 Å². The van der Waals surface area contributed by atoms with E-state index in [0.29, 0.717) is 0 Å². The Morgan fingerprint density at radius 2 is 1.36 bits per heavy atom. The van der Waals surface area contributed by atoms with Crippen molar-refractivity contribution in [3.63, 3.8) is 0 Å². The van der Waals surface area contributed by atoms with Crippen LogP contribution < -0.4 is 5.73 Å². The normalized spacial score (nSPS) is 16.5. The number of halogens is 9. The van der Waals surface area contributed by atoms with Crippen LogP contribution in [-0.2, 0) is 12.4 Å². The van der Waals surface area contributed by atoms with Gasteiger partial charge in [0, 0.05) is 0 Å². The second kappa shape index (κ2) is 5.61. The zero-order valence-electron chi connectivity index (χ0n) is 10.3. The first-order valence-electron chi connectivity index (χ1n) is 5.44. The van der Waals surface area contributed by atoms with Gasteiger partial charge in [-0.1, -0.05) is 0 Å². The van der Waals surface area contributed by atoms with Crippen LogP contribution in [0, 0.1) is 0 Å². The minimum atomic E-state index is -5.39. The molecule has 0 fully saturated rings. The second-order valence-electron chi connectivity index (χ2n) is 4.31. The van der Waals surface area contributed by atoms with Crippen molar-refractivity contribution in [1.29, 1.82) is 0 Å². The molecule has 1 rings (SSSR count). The van der Waals surface area contributed by atoms with Crippen LogP contribution in [0.3, 0.4) is 0 Å². The van der Waals surface area contributed by atoms with E-state index in [9.17, 15) is 39.5 Å². The molecular weight excluding hydrogens is 333 g/mol. The van der Waals surface area contributed by atoms with Crippen molar-refractivity contribution in [3.05, 3.63) is 34.9 Å². The Morgan fingerprint density at radius 1 is 0.864 bits per heavy atom. The number of alkyl halides is 9. The van der Waals surface area contributed by atoms with E-state index in [1.165, 1.54) is 0 Å². The van der Waals surface area contributed by atoms with Crippen molar-refractivity contribution in [2.45, 2.75) is 30.7 Å². The van der Waals surface area contributed by atoms with Gasteiger partial charge in [0.25, 0.3) is 0 Å². The molecule has 11 heteroatoms. The summed E-state index contributed by atoms with van der Waals surface area (Å²) in [4.78, 5) is 0. The Kier molecular flexibility index (Phi) is 4.73. The number of aliphatic hydroxyl groups excluding tert-OH is 1. The first-order chi connectivity index (χ1) is 9.65. The molecule has 0 aromatic heterocycles. The fourth-order valence-electron chi connectivity index (χ4n) is 1.65. The van der Waals surface area contributed by atoms with Crippen molar-refractivity contribution in [3.8, 4) is 0 Å². The first kappa shape index (κ1) is 18.6. The van der Waals surface area contributed by atoms with Crippen molar-refractivity contribution in [2.75, 3.05) is 0 Å². The summed E-state index contributed by atoms with van der Waals surface area (Å²) < 4.78 is 112. The molecule has 0 heterocycles. The fourth-order valence-corrected chi connectivity index (χ4v) is 1.65. The highest BCUT2D eigenvalue weighted by Gasteiger charge is 2.46. The summed E-state index contributed by atoms with van der Waals surface area (Å²) in [6, 6.07) is -2.83. The molecule has 0 aliphatic heterocycles. The van der Waals surface area contributed by atoms with E-state index in [-0.39, 0.29) is 18.2 Å². The van der Waals surface area contributed by atoms with Crippen LogP contribution in [0.2, 0.25) is 0 Å². The lowest BCUT2D eigenvalue weighted by atomic mass is 9.94. The summed E-state index contributed by atoms with van der Waals surface area (Å²) in [5.41, 5.74) is 0.0116. The van der Waals surface area contributed by atoms with Gasteiger partial charge in [-0.25, -0.2) is 0 Å². The van der Waals surface area contributed by atoms with Crippen LogP contribution >= 0.6 is 0 Å². The third kappa shape index (κ3) is 4.03. The topological polar surface area (TPSA) is 46.2 Å². The van der Waals surface area contributed by atoms with E-state index < -0.39 is 47.4 Å². The summed E-state index contributed by atoms with van der Waals surface area (Å²) in [7, 11) is 0. The quantitative estimate of drug-likeness (QED) is 0.807. The molecule has 22 heavy (non-hydrogen) atoms. The maximum Gasteiger partial charge on any atom is 0.416 e. The molecule has 0 aliphatic carbocycles. The summed E-state index contributed by atoms with van der Waals surface area (Å²) in [5, 5.41) is 8.89. The minimum absolute atomic E-state index is 0.0267. The molecule has 1 aromatic rings. The molecule has 2 nitrogen and oxygen atoms in total. The molecular formula is C11H8F9NO. The highest BCUT2D eigenvalue weighted by atomic mass is 19.4. The van der Waals surface area contributed by atoms with Gasteiger partial charge in [-0.2, -0.15) is 39.5 Å². The van der Waals surface area contributed by atoms with Crippen molar-refractivity contribution in [2.24, 2.45) is 5.73 Å². The number of hydrogen-bond acceptors (Lipinski definition) is 2. The van der Waals surface area contributed by atoms with Crippen molar-refractivity contribution >= 4 is 0 Å². The molecule has 0 unspecified atom stereocenters. The number of nitrogens with two attached hydrogens (primary N) is 1. The lowest BCUT2D eigenvalue weighted by Gasteiger charge is -2.25. The van der Waals surface area contributed by atoms with Crippen LogP contribution in [0.4, 0.5) is 39.5 Å². The van der Waals surface area contributed by atoms with Crippen LogP contribution in [0.15, 0.2) is 18.2 Å². The van der Waals surface area contributed by atoms with Gasteiger partial charge in [0.05, 0.1) is 17.2 Å². The predicted molar refractivity (Wildman–Crippen MR) is 55.4 cm³/mol. The number of hydrogen-bond donors (Lipinski definition) is 2. The Morgan fingerprint density at radius 3 is 1.73 bits per heavy atom. The molecule has 3 N–H and O–H groups in total. The molecule has 0 spiro atoms. The third-order valence-corrected chi connectivity index (χ3v) is 2.72. The van der Waals surface area contributed by atoms with E-state index in [1.807, 2.05) is 0 Å². The zero-order chi connectivity index (χ0) is 17.5. The number of rotatable bonds is 2. The summed E-state index contributed by atoms with van der Waals surface area (Å²) >= 11 is 0. The molecule has 0 radical (unpaired) electrons. The number of aliphatic hydroxyl groups is 1. The van der Waals surface area contributed by atoms with Gasteiger partial charge in [-0.15, -0.1) is 0 Å². The van der Waals surface area contributed by atoms with Crippen LogP contribution in [0.5, 0.6) is 0 Å². The molecule has 0 saturated carbocycles. The van der Waals surface area contributed by atoms with Gasteiger partial charge in [0.2, 0.25) is 0 Å². The average molecular weight is 341 g/mol. The smallest absolute Gasteiger partial charge is 0.382 e. The van der Waals surface area contributed by atoms with Gasteiger partial charge >= 0.3 is 18.5 Å². The monoisotopic (exact) mass is 341 g/mol. The van der Waals surface area contributed by atoms with E-state index in [4.69, 9.17) is 10.8 Å². The molecule has 2 atom stereocenters. The maximum atomic E-state index is 12.7. The lowest BCUT2D eigenvalue weighted by molar-refractivity contribution is -0.211. The van der Waals surface area contributed by atoms with E-state index >= 15 is 0 Å². The van der Waals surface area contributed by atoms with Crippen LogP contribution in [0.25, 0.3) is 0 Å². The summed E-state index contributed by atoms with van der Waals surface area (Å²) in [6.07, 6.45) is -19.2. The Labute approximate surface area is 117 Å². The first-order valence-corrected chi connectivity index (χ1v) is 5.44. The maximum absolute atomic E-state index is 12.7. The highest BCUT2D eigenvalue weighted by Crippen LogP contribution is 2.40. The van der Waals surface area contributed by atoms with Crippen molar-refractivity contribution < 1.29 is 44.6 Å². The average Bonchev–Trinajstić information content (AvgIpc) is 2.33. The predicted octanol–water partition coefficient (Wildman–Crippen LogP) is 3.65. The SMILES string of the molecule is N[C@@H](c1cc(C(F)(F)F)ccc1C(F)(F)F)[C@H](O)C(F)(F)F. The molecule has 1 aromatic carbocycles. The van der Waals surface area contributed by atoms with Gasteiger partial charge in [-0.05, 0) is 23.8 Å². The molecule has 0 bridgehead atoms. The molecule has 0 aliphatic rings. The van der Waals surface area contributed by atoms with Crippen LogP contribution in [0.1, 0.15) is 22.7 Å². The fraction of sp³-hybridized carbons (Fsp3) is 0.455. The number of benzene rings is 1. The second-order valence-corrected chi connectivity index (χ2v) is 4.31. The Balaban J connectivity index is 3.47. The zero-order valence-corrected chi connectivity index (χ0v) is 10.3. The van der Waals surface area contributed by atoms with Crippen molar-refractivity contribution in [1.82, 2.24) is 0 Å². The van der Waals surface area contributed by atoms with Crippen LogP contribution in [-0.4, -0.2) is 17.4 Å².